The van der Waals surface area contributed by atoms with Crippen LogP contribution in [0.3, 0.4) is 0 Å². The van der Waals surface area contributed by atoms with Crippen molar-refractivity contribution in [3.63, 3.8) is 0 Å². The second kappa shape index (κ2) is 8.29. The molecule has 0 aromatic heterocycles. The Morgan fingerprint density at radius 3 is 2.66 bits per heavy atom. The van der Waals surface area contributed by atoms with Crippen LogP contribution >= 0.6 is 15.9 Å². The van der Waals surface area contributed by atoms with Crippen LogP contribution in [0, 0.1) is 5.41 Å². The molecule has 2 aromatic rings. The minimum absolute atomic E-state index is 0.134. The van der Waals surface area contributed by atoms with E-state index in [1.54, 1.807) is 0 Å². The van der Waals surface area contributed by atoms with Crippen molar-refractivity contribution < 1.29 is 9.53 Å². The summed E-state index contributed by atoms with van der Waals surface area (Å²) in [4.78, 5) is 20.4. The number of nitrogens with one attached hydrogen (secondary N) is 1. The lowest BCUT2D eigenvalue weighted by Crippen LogP contribution is -2.65. The SMILES string of the molecule is C=CC[C@@]12C[C@@H](C(=O)OC)N3[C@@H]1N(C(=N)[C@]3(Cc1ccccc1)N1CCCC1)c1ccc(Br)cc12. The summed E-state index contributed by atoms with van der Waals surface area (Å²) in [6.07, 6.45) is 6.08. The third-order valence-electron chi connectivity index (χ3n) is 8.60. The number of allylic oxidation sites excluding steroid dienone is 1. The second-order valence-corrected chi connectivity index (χ2v) is 11.1. The van der Waals surface area contributed by atoms with E-state index in [-0.39, 0.29) is 17.6 Å². The van der Waals surface area contributed by atoms with Gasteiger partial charge in [0.15, 0.2) is 0 Å². The number of methoxy groups -OCH3 is 1. The van der Waals surface area contributed by atoms with Gasteiger partial charge in [-0.1, -0.05) is 52.3 Å². The fraction of sp³-hybridized carbons (Fsp3) is 0.429. The first kappa shape index (κ1) is 23.0. The molecule has 182 valence electrons. The van der Waals surface area contributed by atoms with Gasteiger partial charge in [-0.25, -0.2) is 4.90 Å². The summed E-state index contributed by atoms with van der Waals surface area (Å²) >= 11 is 3.67. The molecule has 6 rings (SSSR count). The van der Waals surface area contributed by atoms with Crippen LogP contribution in [0.2, 0.25) is 0 Å². The maximum absolute atomic E-state index is 13.4. The van der Waals surface area contributed by atoms with Crippen LogP contribution in [0.15, 0.2) is 65.7 Å². The molecule has 35 heavy (non-hydrogen) atoms. The molecule has 7 heteroatoms. The normalized spacial score (nSPS) is 31.6. The Bertz CT molecular complexity index is 1200. The molecule has 0 aliphatic carbocycles. The maximum Gasteiger partial charge on any atom is 0.323 e. The van der Waals surface area contributed by atoms with Gasteiger partial charge in [-0.05, 0) is 55.0 Å². The number of rotatable bonds is 6. The van der Waals surface area contributed by atoms with Crippen LogP contribution in [-0.2, 0) is 21.4 Å². The topological polar surface area (TPSA) is 59.9 Å². The first-order valence-corrected chi connectivity index (χ1v) is 13.2. The average molecular weight is 535 g/mol. The lowest BCUT2D eigenvalue weighted by atomic mass is 9.75. The summed E-state index contributed by atoms with van der Waals surface area (Å²) in [6, 6.07) is 16.4. The summed E-state index contributed by atoms with van der Waals surface area (Å²) in [5, 5.41) is 9.79. The van der Waals surface area contributed by atoms with Crippen LogP contribution in [0.5, 0.6) is 0 Å². The van der Waals surface area contributed by atoms with Crippen LogP contribution in [0.4, 0.5) is 5.69 Å². The highest BCUT2D eigenvalue weighted by Crippen LogP contribution is 2.63. The molecular weight excluding hydrogens is 504 g/mol. The summed E-state index contributed by atoms with van der Waals surface area (Å²) in [5.41, 5.74) is 2.38. The molecule has 2 aromatic carbocycles. The first-order chi connectivity index (χ1) is 17.0. The smallest absolute Gasteiger partial charge is 0.323 e. The number of nitrogens with zero attached hydrogens (tertiary/aromatic N) is 3. The molecule has 0 unspecified atom stereocenters. The van der Waals surface area contributed by atoms with Crippen molar-refractivity contribution in [2.24, 2.45) is 0 Å². The fourth-order valence-corrected chi connectivity index (χ4v) is 7.69. The summed E-state index contributed by atoms with van der Waals surface area (Å²) in [6.45, 7) is 5.94. The highest BCUT2D eigenvalue weighted by atomic mass is 79.9. The molecule has 0 spiro atoms. The van der Waals surface area contributed by atoms with E-state index >= 15 is 0 Å². The van der Waals surface area contributed by atoms with Gasteiger partial charge in [0.2, 0.25) is 0 Å². The maximum atomic E-state index is 13.4. The van der Waals surface area contributed by atoms with Crippen molar-refractivity contribution in [3.05, 3.63) is 76.8 Å². The highest BCUT2D eigenvalue weighted by Gasteiger charge is 2.74. The van der Waals surface area contributed by atoms with E-state index < -0.39 is 11.7 Å². The van der Waals surface area contributed by atoms with Crippen LogP contribution in [-0.4, -0.2) is 59.7 Å². The molecule has 0 bridgehead atoms. The van der Waals surface area contributed by atoms with Gasteiger partial charge in [0.05, 0.1) is 7.11 Å². The van der Waals surface area contributed by atoms with Gasteiger partial charge in [0.1, 0.15) is 23.7 Å². The molecule has 3 saturated heterocycles. The van der Waals surface area contributed by atoms with Gasteiger partial charge in [-0.15, -0.1) is 6.58 Å². The number of benzene rings is 2. The van der Waals surface area contributed by atoms with Crippen molar-refractivity contribution in [2.45, 2.75) is 55.4 Å². The number of hydrogen-bond acceptors (Lipinski definition) is 5. The molecule has 4 atom stereocenters. The van der Waals surface area contributed by atoms with Crippen molar-refractivity contribution in [1.82, 2.24) is 9.80 Å². The van der Waals surface area contributed by atoms with Crippen molar-refractivity contribution in [2.75, 3.05) is 25.1 Å². The minimum atomic E-state index is -0.713. The number of esters is 1. The standard InChI is InChI=1S/C28H31BrN4O2/c1-3-13-27-18-23(24(34)35-2)33-26(27)32(22-12-11-20(29)16-21(22)27)25(30)28(33,31-14-7-8-15-31)17-19-9-5-4-6-10-19/h3-6,9-12,16,23,26,30H,1,7-8,13-15,17-18H2,2H3/t23-,26-,27-,28+/m0/s1. The zero-order valence-electron chi connectivity index (χ0n) is 20.0. The number of carbonyl (C=O) groups is 1. The van der Waals surface area contributed by atoms with E-state index in [2.05, 4.69) is 79.7 Å². The predicted octanol–water partition coefficient (Wildman–Crippen LogP) is 4.68. The molecular formula is C28H31BrN4O2. The average Bonchev–Trinajstić information content (AvgIpc) is 3.61. The summed E-state index contributed by atoms with van der Waals surface area (Å²) in [7, 11) is 1.48. The third kappa shape index (κ3) is 3.01. The van der Waals surface area contributed by atoms with E-state index in [0.717, 1.165) is 42.5 Å². The van der Waals surface area contributed by atoms with E-state index in [9.17, 15) is 10.2 Å². The van der Waals surface area contributed by atoms with Gasteiger partial charge in [-0.2, -0.15) is 0 Å². The molecule has 4 heterocycles. The Balaban J connectivity index is 1.61. The van der Waals surface area contributed by atoms with E-state index in [4.69, 9.17) is 4.74 Å². The Morgan fingerprint density at radius 1 is 1.23 bits per heavy atom. The monoisotopic (exact) mass is 534 g/mol. The minimum Gasteiger partial charge on any atom is -0.468 e. The number of carbonyl (C=O) groups excluding carboxylic acids is 1. The lowest BCUT2D eigenvalue weighted by molar-refractivity contribution is -0.150. The quantitative estimate of drug-likeness (QED) is 0.430. The number of anilines is 1. The van der Waals surface area contributed by atoms with Gasteiger partial charge in [-0.3, -0.25) is 15.1 Å². The molecule has 4 aliphatic rings. The van der Waals surface area contributed by atoms with Gasteiger partial charge in [0, 0.05) is 35.1 Å². The van der Waals surface area contributed by atoms with Crippen LogP contribution in [0.25, 0.3) is 0 Å². The molecule has 4 aliphatic heterocycles. The van der Waals surface area contributed by atoms with Gasteiger partial charge in [0.25, 0.3) is 0 Å². The number of fused-ring (bicyclic) bond motifs is 3. The number of likely N-dealkylation sites (tertiary alicyclic amines) is 1. The first-order valence-electron chi connectivity index (χ1n) is 12.4. The molecule has 6 nitrogen and oxygen atoms in total. The molecule has 0 amide bonds. The van der Waals surface area contributed by atoms with E-state index in [1.165, 1.54) is 18.2 Å². The summed E-state index contributed by atoms with van der Waals surface area (Å²) < 4.78 is 6.41. The second-order valence-electron chi connectivity index (χ2n) is 10.2. The van der Waals surface area contributed by atoms with Gasteiger partial charge >= 0.3 is 5.97 Å². The number of ether oxygens (including phenoxy) is 1. The zero-order chi connectivity index (χ0) is 24.4. The van der Waals surface area contributed by atoms with Crippen molar-refractivity contribution in [3.8, 4) is 0 Å². The van der Waals surface area contributed by atoms with Crippen molar-refractivity contribution >= 4 is 33.4 Å². The largest absolute Gasteiger partial charge is 0.468 e. The van der Waals surface area contributed by atoms with Crippen LogP contribution < -0.4 is 4.90 Å². The predicted molar refractivity (Wildman–Crippen MR) is 141 cm³/mol. The van der Waals surface area contributed by atoms with Crippen LogP contribution in [0.1, 0.15) is 36.8 Å². The molecule has 0 radical (unpaired) electrons. The van der Waals surface area contributed by atoms with E-state index in [1.807, 2.05) is 12.1 Å². The Morgan fingerprint density at radius 2 is 1.97 bits per heavy atom. The summed E-state index contributed by atoms with van der Waals surface area (Å²) in [5.74, 6) is 0.349. The molecule has 3 fully saturated rings. The Kier molecular flexibility index (Phi) is 5.43. The fourth-order valence-electron chi connectivity index (χ4n) is 7.33. The Hall–Kier alpha value is -2.48. The lowest BCUT2D eigenvalue weighted by Gasteiger charge is -2.46. The van der Waals surface area contributed by atoms with Crippen molar-refractivity contribution in [1.29, 1.82) is 5.41 Å². The zero-order valence-corrected chi connectivity index (χ0v) is 21.6. The Labute approximate surface area is 215 Å². The van der Waals surface area contributed by atoms with E-state index in [0.29, 0.717) is 18.7 Å². The number of amidine groups is 1. The molecule has 0 saturated carbocycles. The third-order valence-corrected chi connectivity index (χ3v) is 9.10. The number of hydrogen-bond donors (Lipinski definition) is 1. The highest BCUT2D eigenvalue weighted by molar-refractivity contribution is 9.10. The number of halogens is 1. The van der Waals surface area contributed by atoms with Gasteiger partial charge < -0.3 is 9.64 Å². The molecule has 1 N–H and O–H groups in total.